The normalized spacial score (nSPS) is 23.5. The third-order valence-corrected chi connectivity index (χ3v) is 1.69. The Balaban J connectivity index is 2.81. The Morgan fingerprint density at radius 3 is 3.00 bits per heavy atom. The van der Waals surface area contributed by atoms with E-state index in [0.717, 1.165) is 0 Å². The summed E-state index contributed by atoms with van der Waals surface area (Å²) in [7, 11) is 1.21. The summed E-state index contributed by atoms with van der Waals surface area (Å²) in [6.07, 6.45) is 2.90. The molecule has 1 unspecified atom stereocenters. The molecule has 0 saturated carbocycles. The van der Waals surface area contributed by atoms with Crippen molar-refractivity contribution < 1.29 is 13.9 Å². The Morgan fingerprint density at radius 2 is 2.50 bits per heavy atom. The summed E-state index contributed by atoms with van der Waals surface area (Å²) in [5.41, 5.74) is 0. The number of hydrogen-bond acceptors (Lipinski definition) is 3. The van der Waals surface area contributed by atoms with Crippen LogP contribution in [-0.4, -0.2) is 31.4 Å². The SMILES string of the molecule is CCN=C1C=CC(C(=O)OC)C(F)=N1. The van der Waals surface area contributed by atoms with Crippen LogP contribution in [0.15, 0.2) is 22.1 Å². The summed E-state index contributed by atoms with van der Waals surface area (Å²) in [6.45, 7) is 2.35. The molecular formula is C9H11FN2O2. The number of nitrogens with zero attached hydrogens (tertiary/aromatic N) is 2. The molecule has 0 spiro atoms. The van der Waals surface area contributed by atoms with Crippen LogP contribution in [-0.2, 0) is 9.53 Å². The van der Waals surface area contributed by atoms with Gasteiger partial charge in [0.05, 0.1) is 7.11 Å². The smallest absolute Gasteiger partial charge is 0.321 e. The molecule has 0 aromatic heterocycles. The second-order valence-corrected chi connectivity index (χ2v) is 2.63. The Hall–Kier alpha value is -1.52. The molecule has 1 rings (SSSR count). The molecule has 0 fully saturated rings. The lowest BCUT2D eigenvalue weighted by atomic mass is 10.1. The highest BCUT2D eigenvalue weighted by atomic mass is 19.1. The minimum absolute atomic E-state index is 0.296. The maximum Gasteiger partial charge on any atom is 0.321 e. The minimum atomic E-state index is -1.02. The maximum absolute atomic E-state index is 13.2. The van der Waals surface area contributed by atoms with Crippen LogP contribution in [0.1, 0.15) is 6.92 Å². The van der Waals surface area contributed by atoms with E-state index in [1.54, 1.807) is 0 Å². The lowest BCUT2D eigenvalue weighted by molar-refractivity contribution is -0.141. The van der Waals surface area contributed by atoms with Gasteiger partial charge >= 0.3 is 5.97 Å². The van der Waals surface area contributed by atoms with E-state index in [1.165, 1.54) is 19.3 Å². The van der Waals surface area contributed by atoms with E-state index in [-0.39, 0.29) is 0 Å². The first-order chi connectivity index (χ1) is 6.69. The fourth-order valence-corrected chi connectivity index (χ4v) is 1.03. The number of aliphatic imine (C=N–C) groups is 2. The summed E-state index contributed by atoms with van der Waals surface area (Å²) >= 11 is 0. The van der Waals surface area contributed by atoms with E-state index < -0.39 is 17.9 Å². The minimum Gasteiger partial charge on any atom is -0.468 e. The van der Waals surface area contributed by atoms with Crippen molar-refractivity contribution in [2.24, 2.45) is 15.9 Å². The Kier molecular flexibility index (Phi) is 3.50. The molecule has 0 bridgehead atoms. The number of ether oxygens (including phenoxy) is 1. The Labute approximate surface area is 81.2 Å². The molecule has 1 aliphatic rings. The number of methoxy groups -OCH3 is 1. The number of carbonyl (C=O) groups excluding carboxylic acids is 1. The second kappa shape index (κ2) is 4.64. The molecule has 0 radical (unpaired) electrons. The topological polar surface area (TPSA) is 51.0 Å². The molecule has 0 aliphatic carbocycles. The van der Waals surface area contributed by atoms with Gasteiger partial charge < -0.3 is 4.74 Å². The molecule has 4 nitrogen and oxygen atoms in total. The second-order valence-electron chi connectivity index (χ2n) is 2.63. The lowest BCUT2D eigenvalue weighted by Crippen LogP contribution is -2.24. The summed E-state index contributed by atoms with van der Waals surface area (Å²) in [5.74, 6) is -2.15. The van der Waals surface area contributed by atoms with Crippen LogP contribution in [0.3, 0.4) is 0 Å². The van der Waals surface area contributed by atoms with Crippen LogP contribution in [0.25, 0.3) is 0 Å². The van der Waals surface area contributed by atoms with Crippen LogP contribution in [0.2, 0.25) is 0 Å². The van der Waals surface area contributed by atoms with Gasteiger partial charge in [0, 0.05) is 6.54 Å². The van der Waals surface area contributed by atoms with Crippen molar-refractivity contribution in [2.75, 3.05) is 13.7 Å². The highest BCUT2D eigenvalue weighted by Crippen LogP contribution is 2.12. The van der Waals surface area contributed by atoms with Crippen molar-refractivity contribution in [3.05, 3.63) is 12.2 Å². The van der Waals surface area contributed by atoms with E-state index in [9.17, 15) is 9.18 Å². The monoisotopic (exact) mass is 198 g/mol. The number of dihydropyridines is 1. The van der Waals surface area contributed by atoms with Gasteiger partial charge in [-0.3, -0.25) is 9.79 Å². The third kappa shape index (κ3) is 2.25. The molecule has 0 saturated heterocycles. The molecule has 0 amide bonds. The van der Waals surface area contributed by atoms with E-state index in [1.807, 2.05) is 6.92 Å². The molecule has 0 aromatic carbocycles. The number of esters is 1. The molecule has 1 atom stereocenters. The lowest BCUT2D eigenvalue weighted by Gasteiger charge is -2.10. The van der Waals surface area contributed by atoms with Crippen LogP contribution >= 0.6 is 0 Å². The van der Waals surface area contributed by atoms with Gasteiger partial charge in [-0.1, -0.05) is 6.08 Å². The molecule has 5 heteroatoms. The summed E-state index contributed by atoms with van der Waals surface area (Å²) < 4.78 is 17.6. The summed E-state index contributed by atoms with van der Waals surface area (Å²) in [4.78, 5) is 18.4. The average molecular weight is 198 g/mol. The van der Waals surface area contributed by atoms with E-state index >= 15 is 0 Å². The fraction of sp³-hybridized carbons (Fsp3) is 0.444. The van der Waals surface area contributed by atoms with Gasteiger partial charge in [0.15, 0.2) is 0 Å². The van der Waals surface area contributed by atoms with Crippen molar-refractivity contribution in [1.82, 2.24) is 0 Å². The summed E-state index contributed by atoms with van der Waals surface area (Å²) in [5, 5.41) is 0. The zero-order valence-electron chi connectivity index (χ0n) is 8.03. The van der Waals surface area contributed by atoms with Crippen LogP contribution < -0.4 is 0 Å². The first-order valence-electron chi connectivity index (χ1n) is 4.23. The Bertz CT molecular complexity index is 321. The van der Waals surface area contributed by atoms with E-state index in [4.69, 9.17) is 0 Å². The molecule has 1 heterocycles. The van der Waals surface area contributed by atoms with Crippen molar-refractivity contribution >= 4 is 17.8 Å². The fourth-order valence-electron chi connectivity index (χ4n) is 1.03. The molecule has 0 aromatic rings. The largest absolute Gasteiger partial charge is 0.468 e. The molecule has 76 valence electrons. The van der Waals surface area contributed by atoms with E-state index in [2.05, 4.69) is 14.7 Å². The summed E-state index contributed by atoms with van der Waals surface area (Å²) in [6, 6.07) is 0. The number of rotatable bonds is 2. The number of carbonyl (C=O) groups is 1. The quantitative estimate of drug-likeness (QED) is 0.624. The predicted octanol–water partition coefficient (Wildman–Crippen LogP) is 1.13. The van der Waals surface area contributed by atoms with E-state index in [0.29, 0.717) is 12.4 Å². The Morgan fingerprint density at radius 1 is 1.79 bits per heavy atom. The molecule has 14 heavy (non-hydrogen) atoms. The van der Waals surface area contributed by atoms with Gasteiger partial charge in [0.1, 0.15) is 11.8 Å². The zero-order valence-corrected chi connectivity index (χ0v) is 8.03. The van der Waals surface area contributed by atoms with Gasteiger partial charge in [-0.25, -0.2) is 4.99 Å². The van der Waals surface area contributed by atoms with Gasteiger partial charge in [0.2, 0.25) is 5.97 Å². The van der Waals surface area contributed by atoms with Crippen LogP contribution in [0, 0.1) is 5.92 Å². The average Bonchev–Trinajstić information content (AvgIpc) is 2.17. The van der Waals surface area contributed by atoms with Crippen LogP contribution in [0.5, 0.6) is 0 Å². The van der Waals surface area contributed by atoms with Crippen molar-refractivity contribution in [1.29, 1.82) is 0 Å². The predicted molar refractivity (Wildman–Crippen MR) is 51.2 cm³/mol. The number of halogens is 1. The highest BCUT2D eigenvalue weighted by Gasteiger charge is 2.25. The third-order valence-electron chi connectivity index (χ3n) is 1.69. The zero-order chi connectivity index (χ0) is 10.6. The maximum atomic E-state index is 13.2. The number of amidine groups is 1. The molecular weight excluding hydrogens is 187 g/mol. The van der Waals surface area contributed by atoms with Gasteiger partial charge in [-0.2, -0.15) is 4.39 Å². The van der Waals surface area contributed by atoms with Crippen molar-refractivity contribution in [3.63, 3.8) is 0 Å². The van der Waals surface area contributed by atoms with Crippen LogP contribution in [0.4, 0.5) is 4.39 Å². The molecule has 1 aliphatic heterocycles. The van der Waals surface area contributed by atoms with Gasteiger partial charge in [-0.05, 0) is 13.0 Å². The standard InChI is InChI=1S/C9H11FN2O2/c1-3-11-7-5-4-6(8(10)12-7)9(13)14-2/h4-6H,3H2,1-2H3. The van der Waals surface area contributed by atoms with Crippen molar-refractivity contribution in [3.8, 4) is 0 Å². The number of hydrogen-bond donors (Lipinski definition) is 0. The van der Waals surface area contributed by atoms with Gasteiger partial charge in [-0.15, -0.1) is 0 Å². The first kappa shape index (κ1) is 10.6. The van der Waals surface area contributed by atoms with Gasteiger partial charge in [0.25, 0.3) is 0 Å². The first-order valence-corrected chi connectivity index (χ1v) is 4.23. The molecule has 0 N–H and O–H groups in total. The highest BCUT2D eigenvalue weighted by molar-refractivity contribution is 6.10. The van der Waals surface area contributed by atoms with Crippen molar-refractivity contribution in [2.45, 2.75) is 6.92 Å².